The van der Waals surface area contributed by atoms with Gasteiger partial charge in [-0.2, -0.15) is 0 Å². The van der Waals surface area contributed by atoms with Crippen molar-refractivity contribution in [2.45, 2.75) is 38.8 Å². The van der Waals surface area contributed by atoms with E-state index in [1.54, 1.807) is 6.20 Å². The van der Waals surface area contributed by atoms with Crippen molar-refractivity contribution < 1.29 is 4.79 Å². The molecule has 0 bridgehead atoms. The second-order valence-electron chi connectivity index (χ2n) is 4.60. The molecule has 92 valence electrons. The van der Waals surface area contributed by atoms with Gasteiger partial charge in [-0.25, -0.2) is 9.78 Å². The molecule has 1 aliphatic carbocycles. The van der Waals surface area contributed by atoms with Gasteiger partial charge < -0.3 is 16.0 Å². The zero-order valence-corrected chi connectivity index (χ0v) is 10.2. The average Bonchev–Trinajstić information content (AvgIpc) is 3.03. The lowest BCUT2D eigenvalue weighted by molar-refractivity contribution is 0.250. The van der Waals surface area contributed by atoms with Gasteiger partial charge in [0.05, 0.1) is 11.9 Å². The maximum absolute atomic E-state index is 11.4. The predicted molar refractivity (Wildman–Crippen MR) is 68.2 cm³/mol. The van der Waals surface area contributed by atoms with Crippen LogP contribution >= 0.6 is 0 Å². The summed E-state index contributed by atoms with van der Waals surface area (Å²) in [6.45, 7) is 3.83. The largest absolute Gasteiger partial charge is 0.367 e. The number of carbonyl (C=O) groups excluding carboxylic acids is 1. The van der Waals surface area contributed by atoms with E-state index >= 15 is 0 Å². The van der Waals surface area contributed by atoms with E-state index in [-0.39, 0.29) is 12.1 Å². The Labute approximate surface area is 101 Å². The molecule has 0 spiro atoms. The van der Waals surface area contributed by atoms with Gasteiger partial charge in [-0.15, -0.1) is 0 Å². The van der Waals surface area contributed by atoms with E-state index in [2.05, 4.69) is 20.9 Å². The summed E-state index contributed by atoms with van der Waals surface area (Å²) in [6.07, 6.45) is 4.10. The van der Waals surface area contributed by atoms with Crippen LogP contribution in [0.1, 0.15) is 26.7 Å². The molecule has 0 aliphatic heterocycles. The number of nitrogens with one attached hydrogen (secondary N) is 3. The third kappa shape index (κ3) is 3.94. The lowest BCUT2D eigenvalue weighted by Crippen LogP contribution is -2.34. The van der Waals surface area contributed by atoms with E-state index in [0.717, 1.165) is 5.82 Å². The van der Waals surface area contributed by atoms with Gasteiger partial charge in [-0.05, 0) is 38.8 Å². The van der Waals surface area contributed by atoms with Crippen LogP contribution in [0.2, 0.25) is 0 Å². The first-order chi connectivity index (χ1) is 8.13. The molecule has 0 aromatic carbocycles. The van der Waals surface area contributed by atoms with Crippen molar-refractivity contribution in [3.05, 3.63) is 18.3 Å². The van der Waals surface area contributed by atoms with Gasteiger partial charge in [0, 0.05) is 12.1 Å². The van der Waals surface area contributed by atoms with Gasteiger partial charge in [-0.1, -0.05) is 0 Å². The minimum absolute atomic E-state index is 0.124. The Hall–Kier alpha value is -1.78. The highest BCUT2D eigenvalue weighted by molar-refractivity contribution is 5.89. The van der Waals surface area contributed by atoms with Crippen molar-refractivity contribution in [1.82, 2.24) is 10.3 Å². The van der Waals surface area contributed by atoms with Crippen molar-refractivity contribution in [3.8, 4) is 0 Å². The summed E-state index contributed by atoms with van der Waals surface area (Å²) in [7, 11) is 0. The molecule has 0 radical (unpaired) electrons. The fourth-order valence-electron chi connectivity index (χ4n) is 1.42. The number of carbonyl (C=O) groups is 1. The summed E-state index contributed by atoms with van der Waals surface area (Å²) in [6, 6.07) is 4.23. The van der Waals surface area contributed by atoms with Crippen LogP contribution in [0.15, 0.2) is 18.3 Å². The van der Waals surface area contributed by atoms with E-state index in [4.69, 9.17) is 0 Å². The maximum Gasteiger partial charge on any atom is 0.319 e. The number of pyridine rings is 1. The van der Waals surface area contributed by atoms with Crippen molar-refractivity contribution in [1.29, 1.82) is 0 Å². The molecule has 2 amide bonds. The number of hydrogen-bond donors (Lipinski definition) is 3. The number of hydrogen-bond acceptors (Lipinski definition) is 3. The Kier molecular flexibility index (Phi) is 3.46. The van der Waals surface area contributed by atoms with E-state index in [1.807, 2.05) is 26.0 Å². The molecule has 2 rings (SSSR count). The molecule has 5 heteroatoms. The second-order valence-corrected chi connectivity index (χ2v) is 4.60. The highest BCUT2D eigenvalue weighted by atomic mass is 16.2. The van der Waals surface area contributed by atoms with Crippen molar-refractivity contribution in [3.63, 3.8) is 0 Å². The van der Waals surface area contributed by atoms with Gasteiger partial charge >= 0.3 is 6.03 Å². The summed E-state index contributed by atoms with van der Waals surface area (Å²) < 4.78 is 0. The fourth-order valence-corrected chi connectivity index (χ4v) is 1.42. The monoisotopic (exact) mass is 234 g/mol. The molecule has 3 N–H and O–H groups in total. The third-order valence-electron chi connectivity index (χ3n) is 2.37. The predicted octanol–water partition coefficient (Wildman–Crippen LogP) is 2.19. The minimum Gasteiger partial charge on any atom is -0.367 e. The number of amides is 2. The van der Waals surface area contributed by atoms with Gasteiger partial charge in [0.1, 0.15) is 5.82 Å². The molecule has 1 saturated carbocycles. The van der Waals surface area contributed by atoms with Crippen LogP contribution < -0.4 is 16.0 Å². The van der Waals surface area contributed by atoms with Crippen LogP contribution in [0.5, 0.6) is 0 Å². The normalized spacial score (nSPS) is 14.5. The molecule has 1 aliphatic rings. The molecule has 1 heterocycles. The van der Waals surface area contributed by atoms with E-state index in [1.165, 1.54) is 12.8 Å². The first-order valence-electron chi connectivity index (χ1n) is 5.93. The fraction of sp³-hybridized carbons (Fsp3) is 0.500. The third-order valence-corrected chi connectivity index (χ3v) is 2.37. The van der Waals surface area contributed by atoms with E-state index in [9.17, 15) is 4.79 Å². The number of aromatic nitrogens is 1. The Morgan fingerprint density at radius 2 is 2.18 bits per heavy atom. The highest BCUT2D eigenvalue weighted by Crippen LogP contribution is 2.23. The molecule has 0 atom stereocenters. The van der Waals surface area contributed by atoms with Crippen LogP contribution in [0.25, 0.3) is 0 Å². The summed E-state index contributed by atoms with van der Waals surface area (Å²) in [5, 5.41) is 8.77. The van der Waals surface area contributed by atoms with Crippen LogP contribution in [-0.2, 0) is 0 Å². The van der Waals surface area contributed by atoms with Crippen molar-refractivity contribution in [2.75, 3.05) is 10.6 Å². The minimum atomic E-state index is -0.204. The molecular weight excluding hydrogens is 216 g/mol. The number of anilines is 2. The SMILES string of the molecule is CC(C)NC(=O)Nc1ccc(NC2CC2)nc1. The zero-order chi connectivity index (χ0) is 12.3. The molecule has 0 saturated heterocycles. The zero-order valence-electron chi connectivity index (χ0n) is 10.2. The van der Waals surface area contributed by atoms with Gasteiger partial charge in [0.2, 0.25) is 0 Å². The molecule has 5 nitrogen and oxygen atoms in total. The van der Waals surface area contributed by atoms with Crippen LogP contribution in [0.3, 0.4) is 0 Å². The number of nitrogens with zero attached hydrogens (tertiary/aromatic N) is 1. The Morgan fingerprint density at radius 1 is 1.41 bits per heavy atom. The van der Waals surface area contributed by atoms with Gasteiger partial charge in [-0.3, -0.25) is 0 Å². The summed E-state index contributed by atoms with van der Waals surface area (Å²) >= 11 is 0. The van der Waals surface area contributed by atoms with Crippen LogP contribution in [0.4, 0.5) is 16.3 Å². The standard InChI is InChI=1S/C12H18N4O/c1-8(2)14-12(17)16-10-5-6-11(13-7-10)15-9-3-4-9/h5-9H,3-4H2,1-2H3,(H,13,15)(H2,14,16,17). The average molecular weight is 234 g/mol. The topological polar surface area (TPSA) is 66.1 Å². The van der Waals surface area contributed by atoms with Gasteiger partial charge in [0.15, 0.2) is 0 Å². The molecule has 1 aromatic rings. The first kappa shape index (κ1) is 11.7. The molecular formula is C12H18N4O. The second kappa shape index (κ2) is 5.03. The van der Waals surface area contributed by atoms with Crippen LogP contribution in [0, 0.1) is 0 Å². The number of urea groups is 1. The molecule has 1 fully saturated rings. The smallest absolute Gasteiger partial charge is 0.319 e. The lowest BCUT2D eigenvalue weighted by Gasteiger charge is -2.10. The van der Waals surface area contributed by atoms with E-state index < -0.39 is 0 Å². The highest BCUT2D eigenvalue weighted by Gasteiger charge is 2.20. The molecule has 1 aromatic heterocycles. The van der Waals surface area contributed by atoms with Crippen molar-refractivity contribution >= 4 is 17.5 Å². The van der Waals surface area contributed by atoms with E-state index in [0.29, 0.717) is 11.7 Å². The molecule has 17 heavy (non-hydrogen) atoms. The van der Waals surface area contributed by atoms with Gasteiger partial charge in [0.25, 0.3) is 0 Å². The Morgan fingerprint density at radius 3 is 2.71 bits per heavy atom. The van der Waals surface area contributed by atoms with Crippen LogP contribution in [-0.4, -0.2) is 23.1 Å². The maximum atomic E-state index is 11.4. The molecule has 0 unspecified atom stereocenters. The summed E-state index contributed by atoms with van der Waals surface area (Å²) in [5.41, 5.74) is 0.699. The Balaban J connectivity index is 1.86. The number of rotatable bonds is 4. The van der Waals surface area contributed by atoms with Crippen molar-refractivity contribution in [2.24, 2.45) is 0 Å². The quantitative estimate of drug-likeness (QED) is 0.748. The Bertz CT molecular complexity index is 384. The first-order valence-corrected chi connectivity index (χ1v) is 5.93. The summed E-state index contributed by atoms with van der Waals surface area (Å²) in [5.74, 6) is 0.863. The summed E-state index contributed by atoms with van der Waals surface area (Å²) in [4.78, 5) is 15.7. The lowest BCUT2D eigenvalue weighted by atomic mass is 10.4.